The van der Waals surface area contributed by atoms with Gasteiger partial charge in [0.25, 0.3) is 0 Å². The summed E-state index contributed by atoms with van der Waals surface area (Å²) < 4.78 is 22.6. The fourth-order valence-electron chi connectivity index (χ4n) is 5.81. The van der Waals surface area contributed by atoms with Gasteiger partial charge in [0, 0.05) is 5.69 Å². The van der Waals surface area contributed by atoms with E-state index in [0.29, 0.717) is 41.7 Å². The van der Waals surface area contributed by atoms with Crippen molar-refractivity contribution in [2.75, 3.05) is 38.1 Å². The van der Waals surface area contributed by atoms with Crippen molar-refractivity contribution in [3.8, 4) is 11.5 Å². The van der Waals surface area contributed by atoms with Crippen LogP contribution in [0.1, 0.15) is 39.9 Å². The molecule has 48 heavy (non-hydrogen) atoms. The lowest BCUT2D eigenvalue weighted by molar-refractivity contribution is -0.135. The molecule has 2 N–H and O–H groups in total. The maximum absolute atomic E-state index is 14.0. The second-order valence-electron chi connectivity index (χ2n) is 11.6. The van der Waals surface area contributed by atoms with Gasteiger partial charge in [0.05, 0.1) is 57.2 Å². The van der Waals surface area contributed by atoms with E-state index in [4.69, 9.17) is 18.9 Å². The number of hydrogen-bond acceptors (Lipinski definition) is 7. The van der Waals surface area contributed by atoms with Gasteiger partial charge in [-0.25, -0.2) is 9.59 Å². The number of likely N-dealkylation sites (tertiary alicyclic amines) is 1. The smallest absolute Gasteiger partial charge is 0.337 e. The van der Waals surface area contributed by atoms with Crippen LogP contribution in [0.4, 0.5) is 16.2 Å². The number of urea groups is 1. The van der Waals surface area contributed by atoms with E-state index in [1.807, 2.05) is 72.5 Å². The Hall–Kier alpha value is -5.35. The fraction of sp³-hybridized carbons (Fsp3) is 0.289. The average Bonchev–Trinajstić information content (AvgIpc) is 3.52. The number of amides is 3. The Balaban J connectivity index is 1.27. The molecule has 1 fully saturated rings. The SMILES string of the molecule is COC(=O)c1cccc(OC[C@@H]2CC[C@H](COCc3ccccc3)N2C(=O)Cc2ccc(NC(=O)Nc3ccccc3C)c(OC)c2)c1. The van der Waals surface area contributed by atoms with Crippen LogP contribution in [0.15, 0.2) is 97.1 Å². The number of benzene rings is 4. The minimum absolute atomic E-state index is 0.0715. The zero-order chi connectivity index (χ0) is 33.9. The largest absolute Gasteiger partial charge is 0.495 e. The molecule has 2 atom stereocenters. The molecule has 0 aliphatic carbocycles. The quantitative estimate of drug-likeness (QED) is 0.156. The number of rotatable bonds is 13. The first kappa shape index (κ1) is 34.0. The molecule has 1 heterocycles. The number of methoxy groups -OCH3 is 2. The third kappa shape index (κ3) is 8.92. The van der Waals surface area contributed by atoms with E-state index in [9.17, 15) is 14.4 Å². The molecule has 0 spiro atoms. The predicted octanol–water partition coefficient (Wildman–Crippen LogP) is 6.63. The highest BCUT2D eigenvalue weighted by molar-refractivity contribution is 6.01. The summed E-state index contributed by atoms with van der Waals surface area (Å²) in [6.45, 7) is 3.01. The highest BCUT2D eigenvalue weighted by Crippen LogP contribution is 2.30. The lowest BCUT2D eigenvalue weighted by Gasteiger charge is -2.30. The molecule has 1 aliphatic heterocycles. The van der Waals surface area contributed by atoms with E-state index in [2.05, 4.69) is 10.6 Å². The number of carbonyl (C=O) groups excluding carboxylic acids is 3. The molecule has 4 aromatic carbocycles. The lowest BCUT2D eigenvalue weighted by Crippen LogP contribution is -2.46. The molecular weight excluding hydrogens is 610 g/mol. The van der Waals surface area contributed by atoms with Crippen LogP contribution >= 0.6 is 0 Å². The van der Waals surface area contributed by atoms with Crippen LogP contribution < -0.4 is 20.1 Å². The van der Waals surface area contributed by atoms with Gasteiger partial charge < -0.3 is 34.5 Å². The maximum atomic E-state index is 14.0. The van der Waals surface area contributed by atoms with Crippen LogP contribution in [-0.4, -0.2) is 62.3 Å². The fourth-order valence-corrected chi connectivity index (χ4v) is 5.81. The van der Waals surface area contributed by atoms with E-state index in [-0.39, 0.29) is 31.0 Å². The first-order valence-electron chi connectivity index (χ1n) is 15.9. The molecular formula is C38H41N3O7. The summed E-state index contributed by atoms with van der Waals surface area (Å²) in [5.74, 6) is 0.443. The molecule has 0 aromatic heterocycles. The summed E-state index contributed by atoms with van der Waals surface area (Å²) in [7, 11) is 2.86. The van der Waals surface area contributed by atoms with Crippen LogP contribution in [0.2, 0.25) is 0 Å². The molecule has 0 unspecified atom stereocenters. The third-order valence-electron chi connectivity index (χ3n) is 8.29. The molecule has 10 heteroatoms. The standard InChI is InChI=1S/C38H41N3O7/c1-26-10-7-8-15-33(26)39-38(44)40-34-19-16-28(20-35(34)45-2)21-36(42)41-30(24-47-23-27-11-5-4-6-12-27)17-18-31(41)25-48-32-14-9-13-29(22-32)37(43)46-3/h4-16,19-20,22,30-31H,17-18,21,23-25H2,1-3H3,(H2,39,40,44)/t30-,31+/m1/s1. The number of nitrogens with zero attached hydrogens (tertiary/aromatic N) is 1. The minimum atomic E-state index is -0.447. The molecule has 250 valence electrons. The number of hydrogen-bond donors (Lipinski definition) is 2. The zero-order valence-electron chi connectivity index (χ0n) is 27.4. The van der Waals surface area contributed by atoms with E-state index in [1.54, 1.807) is 36.4 Å². The number of esters is 1. The van der Waals surface area contributed by atoms with Crippen molar-refractivity contribution >= 4 is 29.3 Å². The Labute approximate surface area is 281 Å². The van der Waals surface area contributed by atoms with Gasteiger partial charge in [-0.3, -0.25) is 4.79 Å². The number of anilines is 2. The first-order chi connectivity index (χ1) is 23.3. The highest BCUT2D eigenvalue weighted by atomic mass is 16.5. The van der Waals surface area contributed by atoms with Crippen molar-refractivity contribution in [3.63, 3.8) is 0 Å². The summed E-state index contributed by atoms with van der Waals surface area (Å²) in [4.78, 5) is 40.6. The number of carbonyl (C=O) groups is 3. The van der Waals surface area contributed by atoms with Gasteiger partial charge >= 0.3 is 12.0 Å². The van der Waals surface area contributed by atoms with Crippen molar-refractivity contribution < 1.29 is 33.3 Å². The lowest BCUT2D eigenvalue weighted by atomic mass is 10.1. The molecule has 4 aromatic rings. The normalized spacial score (nSPS) is 15.4. The summed E-state index contributed by atoms with van der Waals surface area (Å²) in [5, 5.41) is 5.69. The van der Waals surface area contributed by atoms with E-state index >= 15 is 0 Å². The van der Waals surface area contributed by atoms with Gasteiger partial charge in [-0.05, 0) is 72.9 Å². The molecule has 0 radical (unpaired) electrons. The first-order valence-corrected chi connectivity index (χ1v) is 15.9. The molecule has 0 bridgehead atoms. The second-order valence-corrected chi connectivity index (χ2v) is 11.6. The van der Waals surface area contributed by atoms with E-state index in [1.165, 1.54) is 14.2 Å². The van der Waals surface area contributed by atoms with Gasteiger partial charge in [0.2, 0.25) is 5.91 Å². The third-order valence-corrected chi connectivity index (χ3v) is 8.29. The molecule has 1 saturated heterocycles. The molecule has 0 saturated carbocycles. The van der Waals surface area contributed by atoms with Gasteiger partial charge in [-0.2, -0.15) is 0 Å². The van der Waals surface area contributed by atoms with Crippen molar-refractivity contribution in [1.29, 1.82) is 0 Å². The van der Waals surface area contributed by atoms with E-state index in [0.717, 1.165) is 29.5 Å². The van der Waals surface area contributed by atoms with Crippen LogP contribution in [0.5, 0.6) is 11.5 Å². The minimum Gasteiger partial charge on any atom is -0.495 e. The van der Waals surface area contributed by atoms with Crippen LogP contribution in [0, 0.1) is 6.92 Å². The van der Waals surface area contributed by atoms with Gasteiger partial charge in [0.1, 0.15) is 18.1 Å². The Morgan fingerprint density at radius 2 is 1.50 bits per heavy atom. The number of nitrogens with one attached hydrogen (secondary N) is 2. The molecule has 1 aliphatic rings. The summed E-state index contributed by atoms with van der Waals surface area (Å²) in [6.07, 6.45) is 1.62. The Morgan fingerprint density at radius 1 is 0.771 bits per heavy atom. The van der Waals surface area contributed by atoms with Gasteiger partial charge in [-0.15, -0.1) is 0 Å². The summed E-state index contributed by atoms with van der Waals surface area (Å²) in [6, 6.07) is 28.8. The predicted molar refractivity (Wildman–Crippen MR) is 184 cm³/mol. The monoisotopic (exact) mass is 651 g/mol. The molecule has 5 rings (SSSR count). The van der Waals surface area contributed by atoms with Crippen LogP contribution in [-0.2, 0) is 27.3 Å². The average molecular weight is 652 g/mol. The van der Waals surface area contributed by atoms with Crippen molar-refractivity contribution in [2.24, 2.45) is 0 Å². The Morgan fingerprint density at radius 3 is 2.25 bits per heavy atom. The molecule has 3 amide bonds. The van der Waals surface area contributed by atoms with Crippen LogP contribution in [0.3, 0.4) is 0 Å². The van der Waals surface area contributed by atoms with Crippen molar-refractivity contribution in [3.05, 3.63) is 119 Å². The number of para-hydroxylation sites is 1. The van der Waals surface area contributed by atoms with Gasteiger partial charge in [-0.1, -0.05) is 60.7 Å². The topological polar surface area (TPSA) is 115 Å². The second kappa shape index (κ2) is 16.5. The van der Waals surface area contributed by atoms with Crippen molar-refractivity contribution in [2.45, 2.75) is 44.9 Å². The van der Waals surface area contributed by atoms with Crippen molar-refractivity contribution in [1.82, 2.24) is 4.90 Å². The number of ether oxygens (including phenoxy) is 4. The number of aryl methyl sites for hydroxylation is 1. The Kier molecular flexibility index (Phi) is 11.7. The van der Waals surface area contributed by atoms with Crippen LogP contribution in [0.25, 0.3) is 0 Å². The molecule has 10 nitrogen and oxygen atoms in total. The van der Waals surface area contributed by atoms with Gasteiger partial charge in [0.15, 0.2) is 0 Å². The van der Waals surface area contributed by atoms with E-state index < -0.39 is 12.0 Å². The zero-order valence-corrected chi connectivity index (χ0v) is 27.4. The maximum Gasteiger partial charge on any atom is 0.337 e. The Bertz CT molecular complexity index is 1710. The summed E-state index contributed by atoms with van der Waals surface area (Å²) in [5.41, 5.74) is 4.32. The summed E-state index contributed by atoms with van der Waals surface area (Å²) >= 11 is 0. The highest BCUT2D eigenvalue weighted by Gasteiger charge is 2.37.